The lowest BCUT2D eigenvalue weighted by Gasteiger charge is -2.23. The Morgan fingerprint density at radius 1 is 1.05 bits per heavy atom. The molecule has 0 radical (unpaired) electrons. The topological polar surface area (TPSA) is 46.2 Å². The molecule has 0 amide bonds. The van der Waals surface area contributed by atoms with Gasteiger partial charge >= 0.3 is 0 Å². The fourth-order valence-electron chi connectivity index (χ4n) is 2.21. The third kappa shape index (κ3) is 3.87. The Kier molecular flexibility index (Phi) is 5.47. The van der Waals surface area contributed by atoms with Gasteiger partial charge in [-0.25, -0.2) is 4.39 Å². The number of rotatable bonds is 4. The molecule has 2 aromatic carbocycles. The second kappa shape index (κ2) is 6.95. The monoisotopic (exact) mass is 347 g/mol. The van der Waals surface area contributed by atoms with Crippen LogP contribution in [0.4, 0.5) is 4.39 Å². The van der Waals surface area contributed by atoms with Gasteiger partial charge < -0.3 is 10.8 Å². The molecule has 0 aliphatic rings. The predicted octanol–water partition coefficient (Wildman–Crippen LogP) is 4.56. The van der Waals surface area contributed by atoms with Crippen molar-refractivity contribution in [2.24, 2.45) is 5.73 Å². The van der Waals surface area contributed by atoms with Crippen molar-refractivity contribution in [1.82, 2.24) is 0 Å². The smallest absolute Gasteiger partial charge is 0.124 e. The average Bonchev–Trinajstić information content (AvgIpc) is 2.40. The Bertz CT molecular complexity index is 631. The van der Waals surface area contributed by atoms with Crippen LogP contribution in [0.25, 0.3) is 0 Å². The number of aliphatic hydroxyl groups is 1. The van der Waals surface area contributed by atoms with E-state index in [1.54, 1.807) is 18.2 Å². The Hall–Kier alpha value is -0.840. The summed E-state index contributed by atoms with van der Waals surface area (Å²) in [6.07, 6.45) is -0.950. The highest BCUT2D eigenvalue weighted by molar-refractivity contribution is 6.34. The summed E-state index contributed by atoms with van der Waals surface area (Å²) < 4.78 is 13.1. The van der Waals surface area contributed by atoms with E-state index in [0.29, 0.717) is 21.2 Å². The molecular formula is C15H13Cl3FNO. The van der Waals surface area contributed by atoms with Crippen LogP contribution >= 0.6 is 34.8 Å². The van der Waals surface area contributed by atoms with E-state index in [-0.39, 0.29) is 11.6 Å². The summed E-state index contributed by atoms with van der Waals surface area (Å²) in [5.41, 5.74) is 6.85. The van der Waals surface area contributed by atoms with Crippen molar-refractivity contribution in [1.29, 1.82) is 0 Å². The van der Waals surface area contributed by atoms with E-state index in [1.165, 1.54) is 18.2 Å². The van der Waals surface area contributed by atoms with E-state index in [9.17, 15) is 9.50 Å². The summed E-state index contributed by atoms with van der Waals surface area (Å²) in [5, 5.41) is 11.6. The lowest BCUT2D eigenvalue weighted by Crippen LogP contribution is -2.20. The van der Waals surface area contributed by atoms with Crippen LogP contribution in [0.15, 0.2) is 36.4 Å². The fourth-order valence-corrected chi connectivity index (χ4v) is 3.06. The summed E-state index contributed by atoms with van der Waals surface area (Å²) in [7, 11) is 0. The van der Waals surface area contributed by atoms with Gasteiger partial charge in [0, 0.05) is 27.5 Å². The Balaban J connectivity index is 2.40. The molecule has 0 bridgehead atoms. The minimum atomic E-state index is -0.950. The highest BCUT2D eigenvalue weighted by atomic mass is 35.5. The van der Waals surface area contributed by atoms with Crippen LogP contribution in [0.3, 0.4) is 0 Å². The van der Waals surface area contributed by atoms with E-state index in [0.717, 1.165) is 0 Å². The fraction of sp³-hybridized carbons (Fsp3) is 0.200. The Morgan fingerprint density at radius 3 is 2.19 bits per heavy atom. The molecule has 0 saturated carbocycles. The van der Waals surface area contributed by atoms with Crippen LogP contribution in [-0.4, -0.2) is 11.7 Å². The number of benzene rings is 2. The van der Waals surface area contributed by atoms with Gasteiger partial charge in [0.25, 0.3) is 0 Å². The maximum absolute atomic E-state index is 13.1. The molecule has 0 aliphatic carbocycles. The Morgan fingerprint density at radius 2 is 1.67 bits per heavy atom. The highest BCUT2D eigenvalue weighted by Gasteiger charge is 2.24. The Labute approximate surface area is 137 Å². The summed E-state index contributed by atoms with van der Waals surface area (Å²) in [4.78, 5) is 0. The maximum atomic E-state index is 13.1. The first kappa shape index (κ1) is 16.5. The van der Waals surface area contributed by atoms with Crippen molar-refractivity contribution < 1.29 is 9.50 Å². The van der Waals surface area contributed by atoms with Crippen molar-refractivity contribution in [2.45, 2.75) is 12.0 Å². The standard InChI is InChI=1S/C15H13Cl3FNO/c16-9-3-8(4-10(17)5-9)15(21)13(7-20)12-2-1-11(19)6-14(12)18/h1-6,13,15,21H,7,20H2. The van der Waals surface area contributed by atoms with E-state index >= 15 is 0 Å². The van der Waals surface area contributed by atoms with E-state index in [2.05, 4.69) is 0 Å². The summed E-state index contributed by atoms with van der Waals surface area (Å²) >= 11 is 17.9. The van der Waals surface area contributed by atoms with Gasteiger partial charge in [-0.2, -0.15) is 0 Å². The first-order chi connectivity index (χ1) is 9.92. The molecule has 3 N–H and O–H groups in total. The molecule has 0 saturated heterocycles. The quantitative estimate of drug-likeness (QED) is 0.850. The van der Waals surface area contributed by atoms with Crippen LogP contribution in [-0.2, 0) is 0 Å². The van der Waals surface area contributed by atoms with Gasteiger partial charge in [0.15, 0.2) is 0 Å². The normalized spacial score (nSPS) is 14.0. The molecule has 112 valence electrons. The molecule has 2 rings (SSSR count). The highest BCUT2D eigenvalue weighted by Crippen LogP contribution is 2.36. The zero-order chi connectivity index (χ0) is 15.6. The lowest BCUT2D eigenvalue weighted by molar-refractivity contribution is 0.147. The molecule has 0 spiro atoms. The van der Waals surface area contributed by atoms with Crippen LogP contribution < -0.4 is 5.73 Å². The van der Waals surface area contributed by atoms with Crippen molar-refractivity contribution in [2.75, 3.05) is 6.54 Å². The average molecular weight is 349 g/mol. The SMILES string of the molecule is NCC(c1ccc(F)cc1Cl)C(O)c1cc(Cl)cc(Cl)c1. The first-order valence-corrected chi connectivity index (χ1v) is 7.35. The van der Waals surface area contributed by atoms with Gasteiger partial charge in [-0.3, -0.25) is 0 Å². The summed E-state index contributed by atoms with van der Waals surface area (Å²) in [6.45, 7) is 0.136. The van der Waals surface area contributed by atoms with Gasteiger partial charge in [-0.05, 0) is 41.5 Å². The van der Waals surface area contributed by atoms with Crippen LogP contribution in [0, 0.1) is 5.82 Å². The molecular weight excluding hydrogens is 336 g/mol. The van der Waals surface area contributed by atoms with Crippen molar-refractivity contribution in [3.8, 4) is 0 Å². The van der Waals surface area contributed by atoms with E-state index in [4.69, 9.17) is 40.5 Å². The number of hydrogen-bond acceptors (Lipinski definition) is 2. The third-order valence-corrected chi connectivity index (χ3v) is 3.99. The minimum Gasteiger partial charge on any atom is -0.388 e. The molecule has 0 aromatic heterocycles. The second-order valence-electron chi connectivity index (χ2n) is 4.66. The predicted molar refractivity (Wildman–Crippen MR) is 84.6 cm³/mol. The van der Waals surface area contributed by atoms with Crippen molar-refractivity contribution in [3.63, 3.8) is 0 Å². The minimum absolute atomic E-state index is 0.136. The molecule has 0 heterocycles. The molecule has 2 nitrogen and oxygen atoms in total. The number of aliphatic hydroxyl groups excluding tert-OH is 1. The van der Waals surface area contributed by atoms with E-state index < -0.39 is 17.8 Å². The molecule has 0 fully saturated rings. The molecule has 2 unspecified atom stereocenters. The van der Waals surface area contributed by atoms with Gasteiger partial charge in [-0.1, -0.05) is 40.9 Å². The van der Waals surface area contributed by atoms with Crippen LogP contribution in [0.2, 0.25) is 15.1 Å². The largest absolute Gasteiger partial charge is 0.388 e. The van der Waals surface area contributed by atoms with Gasteiger partial charge in [0.05, 0.1) is 6.10 Å². The van der Waals surface area contributed by atoms with Crippen molar-refractivity contribution in [3.05, 3.63) is 68.4 Å². The molecule has 6 heteroatoms. The maximum Gasteiger partial charge on any atom is 0.124 e. The van der Waals surface area contributed by atoms with Crippen LogP contribution in [0.5, 0.6) is 0 Å². The molecule has 0 aliphatic heterocycles. The number of nitrogens with two attached hydrogens (primary N) is 1. The zero-order valence-corrected chi connectivity index (χ0v) is 13.1. The number of hydrogen-bond donors (Lipinski definition) is 2. The van der Waals surface area contributed by atoms with E-state index in [1.807, 2.05) is 0 Å². The lowest BCUT2D eigenvalue weighted by atomic mass is 9.89. The molecule has 2 atom stereocenters. The van der Waals surface area contributed by atoms with Gasteiger partial charge in [0.2, 0.25) is 0 Å². The first-order valence-electron chi connectivity index (χ1n) is 6.21. The second-order valence-corrected chi connectivity index (χ2v) is 5.94. The third-order valence-electron chi connectivity index (χ3n) is 3.22. The van der Waals surface area contributed by atoms with Crippen LogP contribution in [0.1, 0.15) is 23.1 Å². The van der Waals surface area contributed by atoms with Gasteiger partial charge in [-0.15, -0.1) is 0 Å². The summed E-state index contributed by atoms with van der Waals surface area (Å²) in [6, 6.07) is 8.78. The van der Waals surface area contributed by atoms with Gasteiger partial charge in [0.1, 0.15) is 5.82 Å². The zero-order valence-electron chi connectivity index (χ0n) is 10.9. The van der Waals surface area contributed by atoms with Crippen molar-refractivity contribution >= 4 is 34.8 Å². The number of halogens is 4. The molecule has 2 aromatic rings. The summed E-state index contributed by atoms with van der Waals surface area (Å²) in [5.74, 6) is -0.938. The molecule has 21 heavy (non-hydrogen) atoms.